The topological polar surface area (TPSA) is 65.4 Å². The van der Waals surface area contributed by atoms with Gasteiger partial charge >= 0.3 is 0 Å². The van der Waals surface area contributed by atoms with E-state index in [4.69, 9.17) is 10.6 Å². The fourth-order valence-corrected chi connectivity index (χ4v) is 2.04. The molecule has 110 valence electrons. The van der Waals surface area contributed by atoms with Gasteiger partial charge in [0.1, 0.15) is 5.75 Å². The molecule has 0 fully saturated rings. The molecular weight excluding hydrogens is 276 g/mol. The number of nitrogen functional groups attached to an aromatic ring is 1. The Bertz CT molecular complexity index is 823. The van der Waals surface area contributed by atoms with Gasteiger partial charge < -0.3 is 10.6 Å². The minimum Gasteiger partial charge on any atom is -0.497 e. The molecule has 0 spiro atoms. The second-order valence-electron chi connectivity index (χ2n) is 4.70. The molecule has 0 aliphatic rings. The number of methoxy groups -OCH3 is 1. The van der Waals surface area contributed by atoms with E-state index in [2.05, 4.69) is 9.98 Å². The van der Waals surface area contributed by atoms with Gasteiger partial charge in [0.05, 0.1) is 18.5 Å². The zero-order valence-corrected chi connectivity index (χ0v) is 12.2. The van der Waals surface area contributed by atoms with Crippen LogP contribution in [0.15, 0.2) is 71.9 Å². The van der Waals surface area contributed by atoms with Crippen molar-refractivity contribution in [1.82, 2.24) is 9.66 Å². The maximum atomic E-state index is 5.91. The third kappa shape index (κ3) is 2.98. The first kappa shape index (κ1) is 13.9. The molecule has 1 heterocycles. The third-order valence-corrected chi connectivity index (χ3v) is 3.22. The van der Waals surface area contributed by atoms with Crippen molar-refractivity contribution >= 4 is 5.69 Å². The Kier molecular flexibility index (Phi) is 3.87. The summed E-state index contributed by atoms with van der Waals surface area (Å²) in [6.07, 6.45) is 1.75. The normalized spacial score (nSPS) is 11.4. The molecule has 22 heavy (non-hydrogen) atoms. The highest BCUT2D eigenvalue weighted by atomic mass is 16.5. The second kappa shape index (κ2) is 6.13. The van der Waals surface area contributed by atoms with Gasteiger partial charge in [-0.1, -0.05) is 30.3 Å². The van der Waals surface area contributed by atoms with Crippen molar-refractivity contribution in [2.24, 2.45) is 4.99 Å². The molecule has 0 aliphatic carbocycles. The lowest BCUT2D eigenvalue weighted by molar-refractivity contribution is 0.415. The van der Waals surface area contributed by atoms with Crippen molar-refractivity contribution < 1.29 is 4.74 Å². The minimum atomic E-state index is 0.437. The van der Waals surface area contributed by atoms with Crippen molar-refractivity contribution in [1.29, 1.82) is 0 Å². The molecule has 0 aliphatic heterocycles. The maximum absolute atomic E-state index is 5.91. The van der Waals surface area contributed by atoms with E-state index < -0.39 is 0 Å². The van der Waals surface area contributed by atoms with Gasteiger partial charge in [-0.3, -0.25) is 0 Å². The summed E-state index contributed by atoms with van der Waals surface area (Å²) in [5, 5.41) is 0. The number of rotatable bonds is 3. The summed E-state index contributed by atoms with van der Waals surface area (Å²) in [4.78, 5) is 8.99. The Balaban J connectivity index is 2.04. The van der Waals surface area contributed by atoms with Gasteiger partial charge in [-0.05, 0) is 30.3 Å². The lowest BCUT2D eigenvalue weighted by Crippen LogP contribution is -2.30. The van der Waals surface area contributed by atoms with Crippen LogP contribution < -0.4 is 16.2 Å². The zero-order chi connectivity index (χ0) is 15.4. The van der Waals surface area contributed by atoms with Crippen molar-refractivity contribution in [2.75, 3.05) is 13.0 Å². The van der Waals surface area contributed by atoms with Crippen LogP contribution in [0.3, 0.4) is 0 Å². The summed E-state index contributed by atoms with van der Waals surface area (Å²) >= 11 is 0. The SMILES string of the molecule is COc1ccc(N=c2nc(-c3ccccc3)ccn2N)cc1. The quantitative estimate of drug-likeness (QED) is 0.754. The maximum Gasteiger partial charge on any atom is 0.249 e. The van der Waals surface area contributed by atoms with E-state index in [9.17, 15) is 0 Å². The molecule has 2 N–H and O–H groups in total. The van der Waals surface area contributed by atoms with E-state index >= 15 is 0 Å². The fraction of sp³-hybridized carbons (Fsp3) is 0.0588. The van der Waals surface area contributed by atoms with Crippen LogP contribution in [-0.2, 0) is 0 Å². The van der Waals surface area contributed by atoms with Gasteiger partial charge in [0, 0.05) is 11.8 Å². The standard InChI is InChI=1S/C17H16N4O/c1-22-15-9-7-14(8-10-15)19-17-20-16(11-12-21(17)18)13-5-3-2-4-6-13/h2-12H,18H2,1H3. The van der Waals surface area contributed by atoms with Crippen LogP contribution in [-0.4, -0.2) is 16.8 Å². The van der Waals surface area contributed by atoms with Gasteiger partial charge in [0.2, 0.25) is 5.62 Å². The van der Waals surface area contributed by atoms with E-state index in [0.29, 0.717) is 5.62 Å². The predicted molar refractivity (Wildman–Crippen MR) is 86.0 cm³/mol. The molecule has 0 saturated carbocycles. The van der Waals surface area contributed by atoms with Gasteiger partial charge in [-0.25, -0.2) is 14.7 Å². The van der Waals surface area contributed by atoms with Gasteiger partial charge in [0.15, 0.2) is 0 Å². The Labute approximate surface area is 128 Å². The number of hydrogen-bond donors (Lipinski definition) is 1. The lowest BCUT2D eigenvalue weighted by Gasteiger charge is -2.04. The highest BCUT2D eigenvalue weighted by Gasteiger charge is 2.00. The molecule has 3 rings (SSSR count). The van der Waals surface area contributed by atoms with Crippen molar-refractivity contribution in [2.45, 2.75) is 0 Å². The number of benzene rings is 2. The summed E-state index contributed by atoms with van der Waals surface area (Å²) in [6, 6.07) is 19.2. The number of nitrogens with two attached hydrogens (primary N) is 1. The van der Waals surface area contributed by atoms with Gasteiger partial charge in [-0.2, -0.15) is 0 Å². The van der Waals surface area contributed by atoms with E-state index in [1.807, 2.05) is 60.7 Å². The van der Waals surface area contributed by atoms with E-state index in [1.54, 1.807) is 13.3 Å². The Morgan fingerprint density at radius 2 is 1.73 bits per heavy atom. The molecule has 0 radical (unpaired) electrons. The first-order chi connectivity index (χ1) is 10.8. The van der Waals surface area contributed by atoms with Crippen LogP contribution in [0, 0.1) is 0 Å². The van der Waals surface area contributed by atoms with Crippen molar-refractivity contribution in [3.8, 4) is 17.0 Å². The van der Waals surface area contributed by atoms with Crippen LogP contribution in [0.2, 0.25) is 0 Å². The highest BCUT2D eigenvalue weighted by Crippen LogP contribution is 2.17. The first-order valence-corrected chi connectivity index (χ1v) is 6.85. The Morgan fingerprint density at radius 3 is 2.41 bits per heavy atom. The molecule has 2 aromatic carbocycles. The monoisotopic (exact) mass is 292 g/mol. The third-order valence-electron chi connectivity index (χ3n) is 3.22. The molecule has 0 unspecified atom stereocenters. The lowest BCUT2D eigenvalue weighted by atomic mass is 10.1. The summed E-state index contributed by atoms with van der Waals surface area (Å²) in [5.41, 5.74) is 3.05. The van der Waals surface area contributed by atoms with Crippen LogP contribution in [0.4, 0.5) is 5.69 Å². The first-order valence-electron chi connectivity index (χ1n) is 6.85. The number of ether oxygens (including phenoxy) is 1. The molecule has 0 saturated heterocycles. The molecule has 0 atom stereocenters. The summed E-state index contributed by atoms with van der Waals surface area (Å²) in [7, 11) is 1.63. The number of aromatic nitrogens is 2. The van der Waals surface area contributed by atoms with E-state index in [1.165, 1.54) is 4.68 Å². The smallest absolute Gasteiger partial charge is 0.249 e. The zero-order valence-electron chi connectivity index (χ0n) is 12.2. The second-order valence-corrected chi connectivity index (χ2v) is 4.70. The highest BCUT2D eigenvalue weighted by molar-refractivity contribution is 5.57. The van der Waals surface area contributed by atoms with Crippen molar-refractivity contribution in [3.05, 3.63) is 72.5 Å². The minimum absolute atomic E-state index is 0.437. The summed E-state index contributed by atoms with van der Waals surface area (Å²) < 4.78 is 6.53. The average Bonchev–Trinajstić information content (AvgIpc) is 2.58. The molecule has 1 aromatic heterocycles. The molecule has 3 aromatic rings. The Morgan fingerprint density at radius 1 is 1.00 bits per heavy atom. The van der Waals surface area contributed by atoms with E-state index in [0.717, 1.165) is 22.7 Å². The van der Waals surface area contributed by atoms with Crippen LogP contribution in [0.1, 0.15) is 0 Å². The van der Waals surface area contributed by atoms with Crippen molar-refractivity contribution in [3.63, 3.8) is 0 Å². The van der Waals surface area contributed by atoms with Crippen LogP contribution >= 0.6 is 0 Å². The fourth-order valence-electron chi connectivity index (χ4n) is 2.04. The largest absolute Gasteiger partial charge is 0.497 e. The summed E-state index contributed by atoms with van der Waals surface area (Å²) in [6.45, 7) is 0. The van der Waals surface area contributed by atoms with E-state index in [-0.39, 0.29) is 0 Å². The van der Waals surface area contributed by atoms with Gasteiger partial charge in [0.25, 0.3) is 0 Å². The molecule has 5 heteroatoms. The number of nitrogens with zero attached hydrogens (tertiary/aromatic N) is 3. The molecule has 0 amide bonds. The predicted octanol–water partition coefficient (Wildman–Crippen LogP) is 2.50. The van der Waals surface area contributed by atoms with Gasteiger partial charge in [-0.15, -0.1) is 0 Å². The Hall–Kier alpha value is -3.08. The van der Waals surface area contributed by atoms with Crippen LogP contribution in [0.25, 0.3) is 11.3 Å². The molecular formula is C17H16N4O. The summed E-state index contributed by atoms with van der Waals surface area (Å²) in [5.74, 6) is 6.69. The van der Waals surface area contributed by atoms with Crippen LogP contribution in [0.5, 0.6) is 5.75 Å². The average molecular weight is 292 g/mol. The molecule has 0 bridgehead atoms. The molecule has 5 nitrogen and oxygen atoms in total. The number of hydrogen-bond acceptors (Lipinski definition) is 4.